The Morgan fingerprint density at radius 2 is 1.64 bits per heavy atom. The smallest absolute Gasteiger partial charge is 0.321 e. The second-order valence-corrected chi connectivity index (χ2v) is 6.35. The standard InChI is InChI=1S/C20H22N2O3/c23-19(24)16-10-12-22(13-11-16)20(25)21-18-9-5-4-8-17(18)14-15-6-2-1-3-7-15/h1-9,16H,10-14H2,(H,21,25)(H,23,24). The summed E-state index contributed by atoms with van der Waals surface area (Å²) in [5, 5.41) is 12.0. The second kappa shape index (κ2) is 7.83. The topological polar surface area (TPSA) is 69.6 Å². The van der Waals surface area contributed by atoms with Gasteiger partial charge >= 0.3 is 12.0 Å². The molecule has 2 N–H and O–H groups in total. The summed E-state index contributed by atoms with van der Waals surface area (Å²) >= 11 is 0. The molecule has 0 unspecified atom stereocenters. The number of anilines is 1. The number of amides is 2. The number of likely N-dealkylation sites (tertiary alicyclic amines) is 1. The molecule has 0 bridgehead atoms. The van der Waals surface area contributed by atoms with E-state index in [4.69, 9.17) is 5.11 Å². The summed E-state index contributed by atoms with van der Waals surface area (Å²) in [4.78, 5) is 25.2. The number of nitrogens with one attached hydrogen (secondary N) is 1. The monoisotopic (exact) mass is 338 g/mol. The average Bonchev–Trinajstić information content (AvgIpc) is 2.64. The molecular formula is C20H22N2O3. The Kier molecular flexibility index (Phi) is 5.33. The Labute approximate surface area is 147 Å². The SMILES string of the molecule is O=C(O)C1CCN(C(=O)Nc2ccccc2Cc2ccccc2)CC1. The summed E-state index contributed by atoms with van der Waals surface area (Å²) in [6, 6.07) is 17.7. The summed E-state index contributed by atoms with van der Waals surface area (Å²) in [6.07, 6.45) is 1.77. The second-order valence-electron chi connectivity index (χ2n) is 6.35. The summed E-state index contributed by atoms with van der Waals surface area (Å²) in [6.45, 7) is 0.952. The highest BCUT2D eigenvalue weighted by Gasteiger charge is 2.27. The van der Waals surface area contributed by atoms with Gasteiger partial charge in [0.1, 0.15) is 0 Å². The summed E-state index contributed by atoms with van der Waals surface area (Å²) in [5.41, 5.74) is 3.05. The van der Waals surface area contributed by atoms with Crippen molar-refractivity contribution in [2.75, 3.05) is 18.4 Å². The molecule has 5 heteroatoms. The van der Waals surface area contributed by atoms with Crippen LogP contribution in [0.4, 0.5) is 10.5 Å². The van der Waals surface area contributed by atoms with E-state index in [0.29, 0.717) is 25.9 Å². The van der Waals surface area contributed by atoms with Gasteiger partial charge in [-0.15, -0.1) is 0 Å². The van der Waals surface area contributed by atoms with Crippen LogP contribution in [0.3, 0.4) is 0 Å². The van der Waals surface area contributed by atoms with Crippen molar-refractivity contribution in [2.45, 2.75) is 19.3 Å². The zero-order valence-electron chi connectivity index (χ0n) is 14.0. The molecule has 0 saturated carbocycles. The highest BCUT2D eigenvalue weighted by Crippen LogP contribution is 2.22. The summed E-state index contributed by atoms with van der Waals surface area (Å²) < 4.78 is 0. The molecule has 2 aromatic carbocycles. The normalized spacial score (nSPS) is 15.0. The molecule has 1 aliphatic heterocycles. The van der Waals surface area contributed by atoms with Gasteiger partial charge < -0.3 is 15.3 Å². The number of carboxylic acids is 1. The van der Waals surface area contributed by atoms with Crippen LogP contribution in [0.5, 0.6) is 0 Å². The molecule has 1 saturated heterocycles. The zero-order chi connectivity index (χ0) is 17.6. The lowest BCUT2D eigenvalue weighted by atomic mass is 9.97. The quantitative estimate of drug-likeness (QED) is 0.895. The summed E-state index contributed by atoms with van der Waals surface area (Å²) in [7, 11) is 0. The highest BCUT2D eigenvalue weighted by atomic mass is 16.4. The molecule has 0 spiro atoms. The van der Waals surface area contributed by atoms with Crippen LogP contribution in [0.15, 0.2) is 54.6 Å². The Balaban J connectivity index is 1.65. The van der Waals surface area contributed by atoms with E-state index in [9.17, 15) is 9.59 Å². The molecule has 0 radical (unpaired) electrons. The van der Waals surface area contributed by atoms with Gasteiger partial charge in [-0.3, -0.25) is 4.79 Å². The summed E-state index contributed by atoms with van der Waals surface area (Å²) in [5.74, 6) is -1.11. The maximum atomic E-state index is 12.5. The van der Waals surface area contributed by atoms with Crippen molar-refractivity contribution in [1.82, 2.24) is 4.90 Å². The third-order valence-electron chi connectivity index (χ3n) is 4.63. The van der Waals surface area contributed by atoms with Crippen LogP contribution in [0.2, 0.25) is 0 Å². The first-order chi connectivity index (χ1) is 12.1. The number of carboxylic acid groups (broad SMARTS) is 1. The van der Waals surface area contributed by atoms with Crippen molar-refractivity contribution in [3.05, 3.63) is 65.7 Å². The fourth-order valence-corrected chi connectivity index (χ4v) is 3.14. The van der Waals surface area contributed by atoms with E-state index in [1.165, 1.54) is 5.56 Å². The Bertz CT molecular complexity index is 738. The lowest BCUT2D eigenvalue weighted by molar-refractivity contribution is -0.143. The number of para-hydroxylation sites is 1. The Morgan fingerprint density at radius 3 is 2.32 bits per heavy atom. The number of carbonyl (C=O) groups excluding carboxylic acids is 1. The molecule has 2 aromatic rings. The molecule has 25 heavy (non-hydrogen) atoms. The number of piperidine rings is 1. The van der Waals surface area contributed by atoms with Crippen molar-refractivity contribution in [2.24, 2.45) is 5.92 Å². The van der Waals surface area contributed by atoms with Gasteiger partial charge in [-0.25, -0.2) is 4.79 Å². The van der Waals surface area contributed by atoms with E-state index < -0.39 is 5.97 Å². The van der Waals surface area contributed by atoms with Crippen molar-refractivity contribution in [3.63, 3.8) is 0 Å². The first kappa shape index (κ1) is 17.0. The first-order valence-electron chi connectivity index (χ1n) is 8.54. The number of urea groups is 1. The van der Waals surface area contributed by atoms with Crippen LogP contribution < -0.4 is 5.32 Å². The Hall–Kier alpha value is -2.82. The van der Waals surface area contributed by atoms with E-state index in [0.717, 1.165) is 17.7 Å². The predicted molar refractivity (Wildman–Crippen MR) is 96.6 cm³/mol. The molecule has 1 fully saturated rings. The Morgan fingerprint density at radius 1 is 1.00 bits per heavy atom. The van der Waals surface area contributed by atoms with Crippen LogP contribution in [0.25, 0.3) is 0 Å². The molecule has 3 rings (SSSR count). The molecule has 5 nitrogen and oxygen atoms in total. The fraction of sp³-hybridized carbons (Fsp3) is 0.300. The van der Waals surface area contributed by atoms with Crippen LogP contribution >= 0.6 is 0 Å². The van der Waals surface area contributed by atoms with E-state index in [1.807, 2.05) is 42.5 Å². The third kappa shape index (κ3) is 4.38. The number of hydrogen-bond acceptors (Lipinski definition) is 2. The van der Waals surface area contributed by atoms with E-state index in [1.54, 1.807) is 4.90 Å². The van der Waals surface area contributed by atoms with Crippen molar-refractivity contribution in [3.8, 4) is 0 Å². The van der Waals surface area contributed by atoms with Gasteiger partial charge in [0.05, 0.1) is 5.92 Å². The average molecular weight is 338 g/mol. The lowest BCUT2D eigenvalue weighted by Crippen LogP contribution is -2.42. The molecular weight excluding hydrogens is 316 g/mol. The van der Waals surface area contributed by atoms with Gasteiger partial charge in [0.15, 0.2) is 0 Å². The minimum Gasteiger partial charge on any atom is -0.481 e. The first-order valence-corrected chi connectivity index (χ1v) is 8.54. The van der Waals surface area contributed by atoms with Gasteiger partial charge in [-0.2, -0.15) is 0 Å². The minimum atomic E-state index is -0.770. The fourth-order valence-electron chi connectivity index (χ4n) is 3.14. The van der Waals surface area contributed by atoms with Crippen molar-refractivity contribution in [1.29, 1.82) is 0 Å². The number of nitrogens with zero attached hydrogens (tertiary/aromatic N) is 1. The third-order valence-corrected chi connectivity index (χ3v) is 4.63. The van der Waals surface area contributed by atoms with Crippen LogP contribution in [0, 0.1) is 5.92 Å². The number of carbonyl (C=O) groups is 2. The number of rotatable bonds is 4. The van der Waals surface area contributed by atoms with Crippen LogP contribution in [-0.4, -0.2) is 35.1 Å². The number of aliphatic carboxylic acids is 1. The van der Waals surface area contributed by atoms with Crippen LogP contribution in [-0.2, 0) is 11.2 Å². The maximum Gasteiger partial charge on any atom is 0.321 e. The van der Waals surface area contributed by atoms with Gasteiger partial charge in [0, 0.05) is 18.8 Å². The minimum absolute atomic E-state index is 0.163. The molecule has 0 aromatic heterocycles. The number of benzene rings is 2. The number of hydrogen-bond donors (Lipinski definition) is 2. The largest absolute Gasteiger partial charge is 0.481 e. The van der Waals surface area contributed by atoms with Crippen LogP contribution in [0.1, 0.15) is 24.0 Å². The molecule has 1 aliphatic rings. The van der Waals surface area contributed by atoms with E-state index in [-0.39, 0.29) is 11.9 Å². The van der Waals surface area contributed by atoms with Gasteiger partial charge in [0.25, 0.3) is 0 Å². The highest BCUT2D eigenvalue weighted by molar-refractivity contribution is 5.90. The van der Waals surface area contributed by atoms with Gasteiger partial charge in [-0.05, 0) is 36.5 Å². The lowest BCUT2D eigenvalue weighted by Gasteiger charge is -2.30. The molecule has 130 valence electrons. The molecule has 0 atom stereocenters. The molecule has 0 aliphatic carbocycles. The van der Waals surface area contributed by atoms with E-state index >= 15 is 0 Å². The zero-order valence-corrected chi connectivity index (χ0v) is 14.0. The van der Waals surface area contributed by atoms with Crippen molar-refractivity contribution >= 4 is 17.7 Å². The molecule has 1 heterocycles. The maximum absolute atomic E-state index is 12.5. The van der Waals surface area contributed by atoms with Crippen molar-refractivity contribution < 1.29 is 14.7 Å². The van der Waals surface area contributed by atoms with E-state index in [2.05, 4.69) is 17.4 Å². The predicted octanol–water partition coefficient (Wildman–Crippen LogP) is 3.61. The van der Waals surface area contributed by atoms with Gasteiger partial charge in [-0.1, -0.05) is 48.5 Å². The van der Waals surface area contributed by atoms with Gasteiger partial charge in [0.2, 0.25) is 0 Å². The molecule has 2 amide bonds.